The van der Waals surface area contributed by atoms with E-state index < -0.39 is 22.0 Å². The van der Waals surface area contributed by atoms with Crippen molar-refractivity contribution in [1.29, 1.82) is 0 Å². The summed E-state index contributed by atoms with van der Waals surface area (Å²) in [5.74, 6) is 0.0457. The van der Waals surface area contributed by atoms with E-state index in [-0.39, 0.29) is 30.6 Å². The highest BCUT2D eigenvalue weighted by Gasteiger charge is 2.41. The zero-order chi connectivity index (χ0) is 22.6. The molecule has 31 heavy (non-hydrogen) atoms. The van der Waals surface area contributed by atoms with Gasteiger partial charge in [0.2, 0.25) is 15.9 Å². The van der Waals surface area contributed by atoms with Gasteiger partial charge in [-0.2, -0.15) is 4.31 Å². The Morgan fingerprint density at radius 2 is 1.68 bits per heavy atom. The van der Waals surface area contributed by atoms with Crippen LogP contribution in [0.2, 0.25) is 0 Å². The van der Waals surface area contributed by atoms with Gasteiger partial charge in [0.25, 0.3) is 0 Å². The molecule has 0 aliphatic carbocycles. The summed E-state index contributed by atoms with van der Waals surface area (Å²) in [5.41, 5.74) is 1.69. The highest BCUT2D eigenvalue weighted by atomic mass is 32.2. The second-order valence-corrected chi connectivity index (χ2v) is 9.05. The van der Waals surface area contributed by atoms with E-state index in [4.69, 9.17) is 4.74 Å². The molecule has 1 fully saturated rings. The molecule has 1 atom stereocenters. The molecule has 0 aromatic heterocycles. The van der Waals surface area contributed by atoms with E-state index in [2.05, 4.69) is 10.6 Å². The highest BCUT2D eigenvalue weighted by Crippen LogP contribution is 2.24. The lowest BCUT2D eigenvalue weighted by molar-refractivity contribution is -0.125. The molecule has 0 radical (unpaired) electrons. The number of urea groups is 1. The molecule has 0 bridgehead atoms. The largest absolute Gasteiger partial charge is 0.497 e. The fourth-order valence-corrected chi connectivity index (χ4v) is 4.91. The molecular formula is C21H26N4O5S. The van der Waals surface area contributed by atoms with Crippen LogP contribution in [0.4, 0.5) is 10.5 Å². The summed E-state index contributed by atoms with van der Waals surface area (Å²) in [4.78, 5) is 26.7. The first kappa shape index (κ1) is 22.6. The fourth-order valence-electron chi connectivity index (χ4n) is 3.34. The van der Waals surface area contributed by atoms with Crippen molar-refractivity contribution in [2.24, 2.45) is 0 Å². The maximum atomic E-state index is 13.2. The number of nitrogens with zero attached hydrogens (tertiary/aromatic N) is 2. The topological polar surface area (TPSA) is 108 Å². The molecule has 3 amide bonds. The predicted molar refractivity (Wildman–Crippen MR) is 117 cm³/mol. The van der Waals surface area contributed by atoms with Gasteiger partial charge < -0.3 is 20.3 Å². The summed E-state index contributed by atoms with van der Waals surface area (Å²) in [7, 11) is -1.02. The molecule has 3 rings (SSSR count). The van der Waals surface area contributed by atoms with E-state index >= 15 is 0 Å². The second kappa shape index (κ2) is 9.36. The van der Waals surface area contributed by atoms with Crippen molar-refractivity contribution in [3.63, 3.8) is 0 Å². The highest BCUT2D eigenvalue weighted by molar-refractivity contribution is 7.89. The third-order valence-corrected chi connectivity index (χ3v) is 7.06. The van der Waals surface area contributed by atoms with Crippen LogP contribution in [0.15, 0.2) is 53.4 Å². The van der Waals surface area contributed by atoms with E-state index in [0.717, 1.165) is 9.87 Å². The lowest BCUT2D eigenvalue weighted by Gasteiger charge is -2.39. The van der Waals surface area contributed by atoms with Gasteiger partial charge in [0, 0.05) is 32.4 Å². The number of ether oxygens (including phenoxy) is 1. The molecule has 10 heteroatoms. The van der Waals surface area contributed by atoms with Crippen molar-refractivity contribution >= 4 is 27.6 Å². The number of amides is 3. The molecule has 1 heterocycles. The van der Waals surface area contributed by atoms with Crippen molar-refractivity contribution in [2.75, 3.05) is 39.1 Å². The summed E-state index contributed by atoms with van der Waals surface area (Å²) in [5, 5.41) is 5.29. The Morgan fingerprint density at radius 3 is 2.26 bits per heavy atom. The van der Waals surface area contributed by atoms with Crippen molar-refractivity contribution in [2.45, 2.75) is 17.9 Å². The Labute approximate surface area is 182 Å². The first-order chi connectivity index (χ1) is 14.8. The molecule has 0 saturated carbocycles. The average molecular weight is 447 g/mol. The number of nitrogens with one attached hydrogen (secondary N) is 2. The number of hydrogen-bond donors (Lipinski definition) is 2. The number of anilines is 1. The first-order valence-electron chi connectivity index (χ1n) is 9.76. The van der Waals surface area contributed by atoms with Gasteiger partial charge in [-0.3, -0.25) is 4.79 Å². The number of hydrogen-bond acceptors (Lipinski definition) is 5. The van der Waals surface area contributed by atoms with Crippen molar-refractivity contribution < 1.29 is 22.7 Å². The minimum atomic E-state index is -3.95. The van der Waals surface area contributed by atoms with Crippen molar-refractivity contribution in [3.8, 4) is 5.75 Å². The second-order valence-electron chi connectivity index (χ2n) is 7.16. The number of benzene rings is 2. The summed E-state index contributed by atoms with van der Waals surface area (Å²) >= 11 is 0. The monoisotopic (exact) mass is 446 g/mol. The fraction of sp³-hybridized carbons (Fsp3) is 0.333. The molecule has 2 aromatic carbocycles. The minimum Gasteiger partial charge on any atom is -0.497 e. The molecule has 0 spiro atoms. The Balaban J connectivity index is 1.79. The molecule has 2 N–H and O–H groups in total. The van der Waals surface area contributed by atoms with Gasteiger partial charge in [0.05, 0.1) is 12.0 Å². The normalized spacial score (nSPS) is 17.1. The molecule has 166 valence electrons. The number of carbonyl (C=O) groups is 2. The Morgan fingerprint density at radius 1 is 1.03 bits per heavy atom. The number of likely N-dealkylation sites (N-methyl/N-ethyl adjacent to an activating group) is 1. The number of piperazine rings is 1. The average Bonchev–Trinajstić information content (AvgIpc) is 2.79. The Kier molecular flexibility index (Phi) is 6.81. The zero-order valence-corrected chi connectivity index (χ0v) is 18.5. The number of aryl methyl sites for hydroxylation is 1. The van der Waals surface area contributed by atoms with Crippen LogP contribution in [-0.4, -0.2) is 69.4 Å². The van der Waals surface area contributed by atoms with Crippen molar-refractivity contribution in [1.82, 2.24) is 14.5 Å². The molecular weight excluding hydrogens is 420 g/mol. The van der Waals surface area contributed by atoms with Gasteiger partial charge in [-0.15, -0.1) is 0 Å². The lowest BCUT2D eigenvalue weighted by Crippen LogP contribution is -2.61. The van der Waals surface area contributed by atoms with E-state index in [0.29, 0.717) is 11.4 Å². The summed E-state index contributed by atoms with van der Waals surface area (Å²) in [6.07, 6.45) is 0. The van der Waals surface area contributed by atoms with Gasteiger partial charge in [0.1, 0.15) is 11.8 Å². The summed E-state index contributed by atoms with van der Waals surface area (Å²) in [6, 6.07) is 11.9. The Bertz CT molecular complexity index is 1040. The van der Waals surface area contributed by atoms with Crippen LogP contribution in [-0.2, 0) is 14.8 Å². The lowest BCUT2D eigenvalue weighted by atomic mass is 10.2. The van der Waals surface area contributed by atoms with Gasteiger partial charge >= 0.3 is 6.03 Å². The number of rotatable bonds is 5. The maximum absolute atomic E-state index is 13.2. The molecule has 9 nitrogen and oxygen atoms in total. The maximum Gasteiger partial charge on any atom is 0.321 e. The standard InChI is InChI=1S/C21H26N4O5S/c1-15-4-6-16(7-5-15)23-21(27)24-12-13-25(19(14-24)20(26)22-2)31(28,29)18-10-8-17(30-3)9-11-18/h4-11,19H,12-14H2,1-3H3,(H,22,26)(H,23,27). The minimum absolute atomic E-state index is 0.00618. The molecule has 1 aliphatic heterocycles. The summed E-state index contributed by atoms with van der Waals surface area (Å²) < 4.78 is 32.6. The summed E-state index contributed by atoms with van der Waals surface area (Å²) in [6.45, 7) is 2.03. The molecule has 2 aromatic rings. The predicted octanol–water partition coefficient (Wildman–Crippen LogP) is 1.66. The van der Waals surface area contributed by atoms with E-state index in [1.807, 2.05) is 19.1 Å². The smallest absolute Gasteiger partial charge is 0.321 e. The van der Waals surface area contributed by atoms with Crippen LogP contribution in [0.1, 0.15) is 5.56 Å². The van der Waals surface area contributed by atoms with Gasteiger partial charge in [-0.05, 0) is 43.3 Å². The molecule has 1 saturated heterocycles. The molecule has 1 unspecified atom stereocenters. The van der Waals surface area contributed by atoms with Crippen LogP contribution in [0, 0.1) is 6.92 Å². The van der Waals surface area contributed by atoms with E-state index in [1.54, 1.807) is 24.3 Å². The van der Waals surface area contributed by atoms with E-state index in [9.17, 15) is 18.0 Å². The van der Waals surface area contributed by atoms with Gasteiger partial charge in [0.15, 0.2) is 0 Å². The third-order valence-electron chi connectivity index (χ3n) is 5.14. The first-order valence-corrected chi connectivity index (χ1v) is 11.2. The number of methoxy groups -OCH3 is 1. The van der Waals surface area contributed by atoms with Crippen LogP contribution < -0.4 is 15.4 Å². The van der Waals surface area contributed by atoms with Crippen LogP contribution >= 0.6 is 0 Å². The molecule has 1 aliphatic rings. The number of sulfonamides is 1. The third kappa shape index (κ3) is 4.97. The van der Waals surface area contributed by atoms with Crippen molar-refractivity contribution in [3.05, 3.63) is 54.1 Å². The number of carbonyl (C=O) groups excluding carboxylic acids is 2. The van der Waals surface area contributed by atoms with E-state index in [1.165, 1.54) is 31.2 Å². The quantitative estimate of drug-likeness (QED) is 0.726. The Hall–Kier alpha value is -3.11. The zero-order valence-electron chi connectivity index (χ0n) is 17.7. The van der Waals surface area contributed by atoms with Crippen LogP contribution in [0.25, 0.3) is 0 Å². The van der Waals surface area contributed by atoms with Crippen LogP contribution in [0.3, 0.4) is 0 Å². The SMILES string of the molecule is CNC(=O)C1CN(C(=O)Nc2ccc(C)cc2)CCN1S(=O)(=O)c1ccc(OC)cc1. The van der Waals surface area contributed by atoms with Crippen LogP contribution in [0.5, 0.6) is 5.75 Å². The van der Waals surface area contributed by atoms with Gasteiger partial charge in [-0.25, -0.2) is 13.2 Å². The van der Waals surface area contributed by atoms with Gasteiger partial charge in [-0.1, -0.05) is 17.7 Å².